The Labute approximate surface area is 89.5 Å². The Kier molecular flexibility index (Phi) is 2.24. The number of halogens is 1. The van der Waals surface area contributed by atoms with E-state index < -0.39 is 9.05 Å². The van der Waals surface area contributed by atoms with Gasteiger partial charge in [0.15, 0.2) is 0 Å². The van der Waals surface area contributed by atoms with Gasteiger partial charge in [0.1, 0.15) is 5.69 Å². The molecule has 0 amide bonds. The van der Waals surface area contributed by atoms with E-state index in [9.17, 15) is 8.42 Å². The number of hydrogen-bond acceptors (Lipinski definition) is 5. The second-order valence-corrected chi connectivity index (χ2v) is 5.31. The maximum absolute atomic E-state index is 10.9. The number of imidazole rings is 1. The predicted octanol–water partition coefficient (Wildman–Crippen LogP) is 0.133. The molecule has 0 aliphatic rings. The first-order valence-electron chi connectivity index (χ1n) is 3.82. The van der Waals surface area contributed by atoms with Crippen LogP contribution in [0.25, 0.3) is 11.5 Å². The standard InChI is InChI=1S/C6H6ClN5O2S/c1-12-2-4(8-3-12)5-9-6(11-10-5)15(7,13)14/h2-3H,1H3,(H,9,10,11). The Morgan fingerprint density at radius 3 is 2.73 bits per heavy atom. The van der Waals surface area contributed by atoms with Crippen LogP contribution in [0, 0.1) is 0 Å². The van der Waals surface area contributed by atoms with Gasteiger partial charge in [-0.1, -0.05) is 0 Å². The van der Waals surface area contributed by atoms with Gasteiger partial charge >= 0.3 is 0 Å². The maximum atomic E-state index is 10.9. The van der Waals surface area contributed by atoms with Crippen LogP contribution in [0.2, 0.25) is 0 Å². The number of rotatable bonds is 2. The molecule has 80 valence electrons. The van der Waals surface area contributed by atoms with Gasteiger partial charge in [0.05, 0.1) is 6.33 Å². The number of nitrogens with zero attached hydrogens (tertiary/aromatic N) is 4. The fourth-order valence-corrected chi connectivity index (χ4v) is 1.56. The summed E-state index contributed by atoms with van der Waals surface area (Å²) in [5, 5.41) is 5.53. The molecule has 0 saturated heterocycles. The molecule has 0 aliphatic heterocycles. The lowest BCUT2D eigenvalue weighted by atomic mass is 10.5. The highest BCUT2D eigenvalue weighted by molar-refractivity contribution is 8.13. The minimum atomic E-state index is -3.87. The van der Waals surface area contributed by atoms with Crippen molar-refractivity contribution in [1.82, 2.24) is 24.7 Å². The average Bonchev–Trinajstić information content (AvgIpc) is 2.69. The molecule has 9 heteroatoms. The molecule has 1 N–H and O–H groups in total. The summed E-state index contributed by atoms with van der Waals surface area (Å²) in [6.07, 6.45) is 3.22. The molecule has 0 bridgehead atoms. The van der Waals surface area contributed by atoms with Crippen molar-refractivity contribution in [2.75, 3.05) is 0 Å². The number of aryl methyl sites for hydroxylation is 1. The van der Waals surface area contributed by atoms with Crippen molar-refractivity contribution in [3.05, 3.63) is 12.5 Å². The van der Waals surface area contributed by atoms with Crippen molar-refractivity contribution in [1.29, 1.82) is 0 Å². The molecule has 0 radical (unpaired) electrons. The van der Waals surface area contributed by atoms with Crippen LogP contribution in [0.4, 0.5) is 0 Å². The van der Waals surface area contributed by atoms with E-state index in [2.05, 4.69) is 20.2 Å². The molecule has 0 saturated carbocycles. The monoisotopic (exact) mass is 247 g/mol. The van der Waals surface area contributed by atoms with Gasteiger partial charge in [-0.3, -0.25) is 0 Å². The van der Waals surface area contributed by atoms with Crippen LogP contribution in [0.15, 0.2) is 17.7 Å². The van der Waals surface area contributed by atoms with E-state index in [0.29, 0.717) is 5.69 Å². The van der Waals surface area contributed by atoms with Crippen molar-refractivity contribution in [3.63, 3.8) is 0 Å². The van der Waals surface area contributed by atoms with Crippen molar-refractivity contribution < 1.29 is 8.42 Å². The van der Waals surface area contributed by atoms with Crippen molar-refractivity contribution >= 4 is 19.7 Å². The van der Waals surface area contributed by atoms with E-state index in [1.807, 2.05) is 0 Å². The van der Waals surface area contributed by atoms with E-state index in [1.165, 1.54) is 0 Å². The SMILES string of the molecule is Cn1cnc(-c2n[nH]c(S(=O)(=O)Cl)n2)c1. The number of aromatic nitrogens is 5. The van der Waals surface area contributed by atoms with Crippen LogP contribution in [-0.4, -0.2) is 33.2 Å². The lowest BCUT2D eigenvalue weighted by Crippen LogP contribution is -1.92. The fraction of sp³-hybridized carbons (Fsp3) is 0.167. The van der Waals surface area contributed by atoms with E-state index in [-0.39, 0.29) is 11.0 Å². The first-order valence-corrected chi connectivity index (χ1v) is 6.13. The molecule has 7 nitrogen and oxygen atoms in total. The molecule has 0 aliphatic carbocycles. The minimum Gasteiger partial charge on any atom is -0.340 e. The normalized spacial score (nSPS) is 11.9. The van der Waals surface area contributed by atoms with Gasteiger partial charge in [-0.15, -0.1) is 0 Å². The zero-order valence-electron chi connectivity index (χ0n) is 7.55. The average molecular weight is 248 g/mol. The van der Waals surface area contributed by atoms with Gasteiger partial charge in [-0.05, 0) is 0 Å². The topological polar surface area (TPSA) is 93.5 Å². The third kappa shape index (κ3) is 2.00. The third-order valence-electron chi connectivity index (χ3n) is 1.63. The molecule has 2 rings (SSSR count). The number of aromatic amines is 1. The van der Waals surface area contributed by atoms with E-state index in [4.69, 9.17) is 10.7 Å². The maximum Gasteiger partial charge on any atom is 0.296 e. The molecule has 2 aromatic rings. The van der Waals surface area contributed by atoms with Gasteiger partial charge in [-0.2, -0.15) is 10.1 Å². The molecule has 2 aromatic heterocycles. The summed E-state index contributed by atoms with van der Waals surface area (Å²) in [7, 11) is 2.98. The van der Waals surface area contributed by atoms with Gasteiger partial charge in [0.25, 0.3) is 14.2 Å². The number of hydrogen-bond donors (Lipinski definition) is 1. The van der Waals surface area contributed by atoms with Gasteiger partial charge in [0, 0.05) is 23.9 Å². The zero-order chi connectivity index (χ0) is 11.1. The van der Waals surface area contributed by atoms with Crippen LogP contribution < -0.4 is 0 Å². The Morgan fingerprint density at radius 1 is 1.53 bits per heavy atom. The molecule has 0 fully saturated rings. The molecule has 0 unspecified atom stereocenters. The first kappa shape index (κ1) is 10.1. The summed E-state index contributed by atoms with van der Waals surface area (Å²) in [6, 6.07) is 0. The molecule has 15 heavy (non-hydrogen) atoms. The van der Waals surface area contributed by atoms with Crippen LogP contribution in [0.1, 0.15) is 0 Å². The Hall–Kier alpha value is -1.41. The van der Waals surface area contributed by atoms with Crippen molar-refractivity contribution in [2.24, 2.45) is 7.05 Å². The molecule has 2 heterocycles. The van der Waals surface area contributed by atoms with Gasteiger partial charge in [0.2, 0.25) is 5.82 Å². The number of H-pyrrole nitrogens is 1. The van der Waals surface area contributed by atoms with Crippen LogP contribution in [-0.2, 0) is 16.1 Å². The van der Waals surface area contributed by atoms with Gasteiger partial charge < -0.3 is 4.57 Å². The number of nitrogens with one attached hydrogen (secondary N) is 1. The molecular weight excluding hydrogens is 242 g/mol. The minimum absolute atomic E-state index is 0.190. The third-order valence-corrected chi connectivity index (χ3v) is 2.71. The van der Waals surface area contributed by atoms with E-state index >= 15 is 0 Å². The largest absolute Gasteiger partial charge is 0.340 e. The molecule has 0 atom stereocenters. The Morgan fingerprint density at radius 2 is 2.27 bits per heavy atom. The summed E-state index contributed by atoms with van der Waals surface area (Å²) in [5.74, 6) is 0.190. The quantitative estimate of drug-likeness (QED) is 0.762. The molecular formula is C6H6ClN5O2S. The summed E-state index contributed by atoms with van der Waals surface area (Å²) < 4.78 is 23.5. The smallest absolute Gasteiger partial charge is 0.296 e. The summed E-state index contributed by atoms with van der Waals surface area (Å²) in [4.78, 5) is 7.66. The van der Waals surface area contributed by atoms with Crippen LogP contribution in [0.3, 0.4) is 0 Å². The lowest BCUT2D eigenvalue weighted by molar-refractivity contribution is 0.602. The first-order chi connectivity index (χ1) is 6.97. The Bertz CT molecular complexity index is 586. The highest BCUT2D eigenvalue weighted by atomic mass is 35.7. The molecule has 0 aromatic carbocycles. The highest BCUT2D eigenvalue weighted by Crippen LogP contribution is 2.15. The predicted molar refractivity (Wildman–Crippen MR) is 51.6 cm³/mol. The van der Waals surface area contributed by atoms with E-state index in [1.54, 1.807) is 24.1 Å². The summed E-state index contributed by atoms with van der Waals surface area (Å²) in [5.41, 5.74) is 0.473. The van der Waals surface area contributed by atoms with E-state index in [0.717, 1.165) is 0 Å². The zero-order valence-corrected chi connectivity index (χ0v) is 9.12. The Balaban J connectivity index is 2.44. The van der Waals surface area contributed by atoms with Crippen LogP contribution >= 0.6 is 10.7 Å². The summed E-state index contributed by atoms with van der Waals surface area (Å²) >= 11 is 0. The molecule has 0 spiro atoms. The lowest BCUT2D eigenvalue weighted by Gasteiger charge is -1.85. The second-order valence-electron chi connectivity index (χ2n) is 2.83. The highest BCUT2D eigenvalue weighted by Gasteiger charge is 2.17. The van der Waals surface area contributed by atoms with Crippen LogP contribution in [0.5, 0.6) is 0 Å². The van der Waals surface area contributed by atoms with Crippen molar-refractivity contribution in [2.45, 2.75) is 5.16 Å². The second kappa shape index (κ2) is 3.31. The summed E-state index contributed by atoms with van der Waals surface area (Å²) in [6.45, 7) is 0. The van der Waals surface area contributed by atoms with Gasteiger partial charge in [-0.25, -0.2) is 18.5 Å². The van der Waals surface area contributed by atoms with Crippen molar-refractivity contribution in [3.8, 4) is 11.5 Å². The fourth-order valence-electron chi connectivity index (χ4n) is 0.999.